The van der Waals surface area contributed by atoms with E-state index in [9.17, 15) is 0 Å². The molecule has 0 radical (unpaired) electrons. The average molecular weight is 531 g/mol. The summed E-state index contributed by atoms with van der Waals surface area (Å²) < 4.78 is 1.95. The standard InChI is InChI=1S/C21H31ClN6.HI/c1-5-23-21(24-10-9-20-16(2)25-26(4)17(20)3)28-13-11-27(12-14-28)19-8-6-7-18(22)15-19;/h6-8,15H,5,9-14H2,1-4H3,(H,23,24);1H. The number of nitrogens with zero attached hydrogens (tertiary/aromatic N) is 5. The van der Waals surface area contributed by atoms with Crippen LogP contribution in [-0.4, -0.2) is 59.9 Å². The number of aliphatic imine (C=N–C) groups is 1. The molecule has 1 aromatic carbocycles. The molecule has 0 unspecified atom stereocenters. The summed E-state index contributed by atoms with van der Waals surface area (Å²) in [5.74, 6) is 1.01. The fourth-order valence-electron chi connectivity index (χ4n) is 3.73. The Morgan fingerprint density at radius 2 is 1.93 bits per heavy atom. The fraction of sp³-hybridized carbons (Fsp3) is 0.524. The first-order valence-electron chi connectivity index (χ1n) is 10.0. The molecule has 1 saturated heterocycles. The van der Waals surface area contributed by atoms with Crippen LogP contribution in [0.15, 0.2) is 29.3 Å². The number of nitrogens with one attached hydrogen (secondary N) is 1. The second kappa shape index (κ2) is 11.1. The minimum atomic E-state index is 0. The number of guanidine groups is 1. The Kier molecular flexibility index (Phi) is 9.07. The molecule has 1 fully saturated rings. The zero-order valence-corrected chi connectivity index (χ0v) is 20.9. The first kappa shape index (κ1) is 23.8. The van der Waals surface area contributed by atoms with Gasteiger partial charge >= 0.3 is 0 Å². The van der Waals surface area contributed by atoms with Crippen molar-refractivity contribution in [3.05, 3.63) is 46.2 Å². The smallest absolute Gasteiger partial charge is 0.194 e. The van der Waals surface area contributed by atoms with Crippen LogP contribution in [0.5, 0.6) is 0 Å². The summed E-state index contributed by atoms with van der Waals surface area (Å²) >= 11 is 6.14. The number of hydrogen-bond acceptors (Lipinski definition) is 3. The number of hydrogen-bond donors (Lipinski definition) is 1. The zero-order chi connectivity index (χ0) is 20.1. The molecule has 2 heterocycles. The van der Waals surface area contributed by atoms with Crippen LogP contribution in [0, 0.1) is 13.8 Å². The van der Waals surface area contributed by atoms with Crippen molar-refractivity contribution in [1.82, 2.24) is 20.0 Å². The Morgan fingerprint density at radius 1 is 1.21 bits per heavy atom. The molecule has 0 atom stereocenters. The first-order valence-corrected chi connectivity index (χ1v) is 10.4. The highest BCUT2D eigenvalue weighted by Gasteiger charge is 2.20. The lowest BCUT2D eigenvalue weighted by molar-refractivity contribution is 0.372. The van der Waals surface area contributed by atoms with Crippen LogP contribution >= 0.6 is 35.6 Å². The van der Waals surface area contributed by atoms with Gasteiger partial charge in [-0.05, 0) is 51.0 Å². The summed E-state index contributed by atoms with van der Waals surface area (Å²) in [5.41, 5.74) is 4.84. The van der Waals surface area contributed by atoms with E-state index in [1.54, 1.807) is 0 Å². The topological polar surface area (TPSA) is 48.7 Å². The Balaban J connectivity index is 0.00000300. The molecular formula is C21H32ClIN6. The molecule has 1 aromatic heterocycles. The minimum Gasteiger partial charge on any atom is -0.368 e. The van der Waals surface area contributed by atoms with E-state index in [-0.39, 0.29) is 24.0 Å². The molecule has 0 amide bonds. The fourth-order valence-corrected chi connectivity index (χ4v) is 3.91. The third-order valence-corrected chi connectivity index (χ3v) is 5.60. The van der Waals surface area contributed by atoms with Gasteiger partial charge in [0.15, 0.2) is 5.96 Å². The first-order chi connectivity index (χ1) is 13.5. The maximum absolute atomic E-state index is 6.14. The lowest BCUT2D eigenvalue weighted by atomic mass is 10.1. The van der Waals surface area contributed by atoms with Crippen molar-refractivity contribution in [2.24, 2.45) is 12.0 Å². The van der Waals surface area contributed by atoms with Crippen LogP contribution in [-0.2, 0) is 13.5 Å². The molecule has 29 heavy (non-hydrogen) atoms. The van der Waals surface area contributed by atoms with Crippen molar-refractivity contribution in [1.29, 1.82) is 0 Å². The summed E-state index contributed by atoms with van der Waals surface area (Å²) in [6.07, 6.45) is 0.920. The van der Waals surface area contributed by atoms with Crippen LogP contribution < -0.4 is 10.2 Å². The highest BCUT2D eigenvalue weighted by atomic mass is 127. The maximum Gasteiger partial charge on any atom is 0.194 e. The third kappa shape index (κ3) is 6.01. The molecule has 8 heteroatoms. The summed E-state index contributed by atoms with van der Waals surface area (Å²) in [6.45, 7) is 11.8. The summed E-state index contributed by atoms with van der Waals surface area (Å²) in [4.78, 5) is 9.63. The summed E-state index contributed by atoms with van der Waals surface area (Å²) in [6, 6.07) is 8.09. The van der Waals surface area contributed by atoms with Gasteiger partial charge < -0.3 is 15.1 Å². The van der Waals surface area contributed by atoms with E-state index in [0.717, 1.165) is 62.4 Å². The normalized spacial score (nSPS) is 14.7. The number of benzene rings is 1. The molecule has 1 aliphatic heterocycles. The molecule has 3 rings (SSSR count). The van der Waals surface area contributed by atoms with Gasteiger partial charge in [-0.25, -0.2) is 0 Å². The maximum atomic E-state index is 6.14. The van der Waals surface area contributed by atoms with Crippen LogP contribution in [0.1, 0.15) is 23.9 Å². The Labute approximate surface area is 196 Å². The lowest BCUT2D eigenvalue weighted by Gasteiger charge is -2.37. The molecule has 0 saturated carbocycles. The van der Waals surface area contributed by atoms with E-state index in [2.05, 4.69) is 47.1 Å². The van der Waals surface area contributed by atoms with Crippen molar-refractivity contribution >= 4 is 47.2 Å². The Bertz CT molecular complexity index is 827. The van der Waals surface area contributed by atoms with Gasteiger partial charge in [-0.1, -0.05) is 17.7 Å². The number of anilines is 1. The third-order valence-electron chi connectivity index (χ3n) is 5.37. The van der Waals surface area contributed by atoms with E-state index in [1.165, 1.54) is 16.9 Å². The molecule has 6 nitrogen and oxygen atoms in total. The van der Waals surface area contributed by atoms with E-state index in [0.29, 0.717) is 0 Å². The van der Waals surface area contributed by atoms with E-state index in [4.69, 9.17) is 16.6 Å². The van der Waals surface area contributed by atoms with Gasteiger partial charge in [0.2, 0.25) is 0 Å². The van der Waals surface area contributed by atoms with Crippen molar-refractivity contribution in [3.63, 3.8) is 0 Å². The number of rotatable bonds is 5. The quantitative estimate of drug-likeness (QED) is 0.364. The van der Waals surface area contributed by atoms with Crippen LogP contribution in [0.25, 0.3) is 0 Å². The molecule has 1 aliphatic rings. The predicted octanol–water partition coefficient (Wildman–Crippen LogP) is 3.64. The molecule has 160 valence electrons. The van der Waals surface area contributed by atoms with Crippen LogP contribution in [0.2, 0.25) is 5.02 Å². The van der Waals surface area contributed by atoms with Gasteiger partial charge in [-0.15, -0.1) is 24.0 Å². The Morgan fingerprint density at radius 3 is 2.52 bits per heavy atom. The average Bonchev–Trinajstić information content (AvgIpc) is 2.93. The van der Waals surface area contributed by atoms with Crippen molar-refractivity contribution in [2.45, 2.75) is 27.2 Å². The largest absolute Gasteiger partial charge is 0.368 e. The summed E-state index contributed by atoms with van der Waals surface area (Å²) in [7, 11) is 2.00. The molecule has 1 N–H and O–H groups in total. The number of halogens is 2. The van der Waals surface area contributed by atoms with Gasteiger partial charge in [0.05, 0.1) is 5.69 Å². The summed E-state index contributed by atoms with van der Waals surface area (Å²) in [5, 5.41) is 8.75. The highest BCUT2D eigenvalue weighted by Crippen LogP contribution is 2.21. The lowest BCUT2D eigenvalue weighted by Crippen LogP contribution is -2.52. The van der Waals surface area contributed by atoms with Gasteiger partial charge in [-0.2, -0.15) is 5.10 Å². The number of aryl methyl sites for hydroxylation is 2. The number of aromatic nitrogens is 2. The SMILES string of the molecule is CCNC(=NCCc1c(C)nn(C)c1C)N1CCN(c2cccc(Cl)c2)CC1.I. The van der Waals surface area contributed by atoms with Crippen molar-refractivity contribution in [2.75, 3.05) is 44.2 Å². The monoisotopic (exact) mass is 530 g/mol. The van der Waals surface area contributed by atoms with Crippen LogP contribution in [0.4, 0.5) is 5.69 Å². The second-order valence-electron chi connectivity index (χ2n) is 7.21. The van der Waals surface area contributed by atoms with Gasteiger partial charge in [0.25, 0.3) is 0 Å². The van der Waals surface area contributed by atoms with E-state index < -0.39 is 0 Å². The Hall–Kier alpha value is -1.48. The van der Waals surface area contributed by atoms with Crippen molar-refractivity contribution < 1.29 is 0 Å². The van der Waals surface area contributed by atoms with Crippen molar-refractivity contribution in [3.8, 4) is 0 Å². The molecule has 2 aromatic rings. The molecule has 0 spiro atoms. The molecule has 0 bridgehead atoms. The van der Waals surface area contributed by atoms with Gasteiger partial charge in [0, 0.05) is 62.7 Å². The molecule has 0 aliphatic carbocycles. The van der Waals surface area contributed by atoms with Gasteiger partial charge in [-0.3, -0.25) is 9.67 Å². The van der Waals surface area contributed by atoms with Crippen LogP contribution in [0.3, 0.4) is 0 Å². The highest BCUT2D eigenvalue weighted by molar-refractivity contribution is 14.0. The second-order valence-corrected chi connectivity index (χ2v) is 7.65. The molecular weight excluding hydrogens is 499 g/mol. The van der Waals surface area contributed by atoms with E-state index in [1.807, 2.05) is 29.9 Å². The zero-order valence-electron chi connectivity index (χ0n) is 17.8. The van der Waals surface area contributed by atoms with E-state index >= 15 is 0 Å². The van der Waals surface area contributed by atoms with Gasteiger partial charge in [0.1, 0.15) is 0 Å². The predicted molar refractivity (Wildman–Crippen MR) is 133 cm³/mol. The number of piperazine rings is 1. The minimum absolute atomic E-state index is 0.